The van der Waals surface area contributed by atoms with Crippen molar-refractivity contribution in [3.63, 3.8) is 0 Å². The van der Waals surface area contributed by atoms with Crippen LogP contribution in [0.15, 0.2) is 22.7 Å². The molecule has 0 radical (unpaired) electrons. The molecule has 2 aliphatic rings. The number of fused-ring (bicyclic) bond motifs is 1. The monoisotopic (exact) mass is 325 g/mol. The summed E-state index contributed by atoms with van der Waals surface area (Å²) in [6, 6.07) is 6.15. The van der Waals surface area contributed by atoms with E-state index in [-0.39, 0.29) is 17.2 Å². The van der Waals surface area contributed by atoms with Crippen LogP contribution in [-0.2, 0) is 4.74 Å². The minimum Gasteiger partial charge on any atom is -0.487 e. The van der Waals surface area contributed by atoms with E-state index in [1.807, 2.05) is 12.1 Å². The van der Waals surface area contributed by atoms with E-state index in [0.717, 1.165) is 41.7 Å². The lowest BCUT2D eigenvalue weighted by molar-refractivity contribution is -0.141. The molecule has 3 nitrogen and oxygen atoms in total. The number of hydrogen-bond donors (Lipinski definition) is 1. The summed E-state index contributed by atoms with van der Waals surface area (Å²) in [5, 5.41) is 0. The van der Waals surface area contributed by atoms with Crippen LogP contribution >= 0.6 is 15.9 Å². The SMILES string of the molecule is CC1(C)CC2(CCO1)CC(N)c1ccc(Br)cc1O2. The minimum atomic E-state index is -0.172. The Morgan fingerprint density at radius 2 is 2.16 bits per heavy atom. The summed E-state index contributed by atoms with van der Waals surface area (Å²) in [6.45, 7) is 4.99. The second-order valence-corrected chi connectivity index (χ2v) is 7.23. The molecule has 2 unspecified atom stereocenters. The zero-order chi connectivity index (χ0) is 13.7. The summed E-state index contributed by atoms with van der Waals surface area (Å²) in [7, 11) is 0. The Balaban J connectivity index is 1.95. The van der Waals surface area contributed by atoms with Crippen molar-refractivity contribution in [2.75, 3.05) is 6.61 Å². The van der Waals surface area contributed by atoms with Gasteiger partial charge in [-0.05, 0) is 26.0 Å². The van der Waals surface area contributed by atoms with Crippen LogP contribution in [0.2, 0.25) is 0 Å². The third-order valence-corrected chi connectivity index (χ3v) is 4.59. The first kappa shape index (κ1) is 13.4. The summed E-state index contributed by atoms with van der Waals surface area (Å²) in [5.41, 5.74) is 7.15. The lowest BCUT2D eigenvalue weighted by Crippen LogP contribution is -2.52. The van der Waals surface area contributed by atoms with Crippen molar-refractivity contribution < 1.29 is 9.47 Å². The largest absolute Gasteiger partial charge is 0.487 e. The predicted molar refractivity (Wildman–Crippen MR) is 78.3 cm³/mol. The van der Waals surface area contributed by atoms with E-state index >= 15 is 0 Å². The van der Waals surface area contributed by atoms with E-state index in [4.69, 9.17) is 15.2 Å². The maximum atomic E-state index is 6.36. The fourth-order valence-electron chi connectivity index (χ4n) is 3.38. The van der Waals surface area contributed by atoms with E-state index in [0.29, 0.717) is 0 Å². The summed E-state index contributed by atoms with van der Waals surface area (Å²) in [5.74, 6) is 0.922. The zero-order valence-electron chi connectivity index (χ0n) is 11.4. The van der Waals surface area contributed by atoms with Gasteiger partial charge in [-0.25, -0.2) is 0 Å². The first-order valence-electron chi connectivity index (χ1n) is 6.77. The fraction of sp³-hybridized carbons (Fsp3) is 0.600. The van der Waals surface area contributed by atoms with Crippen molar-refractivity contribution in [2.24, 2.45) is 5.73 Å². The van der Waals surface area contributed by atoms with Crippen LogP contribution in [0.3, 0.4) is 0 Å². The highest BCUT2D eigenvalue weighted by Gasteiger charge is 2.46. The average molecular weight is 326 g/mol. The molecular formula is C15H20BrNO2. The summed E-state index contributed by atoms with van der Waals surface area (Å²) in [6.07, 6.45) is 2.67. The topological polar surface area (TPSA) is 44.5 Å². The molecular weight excluding hydrogens is 306 g/mol. The second kappa shape index (κ2) is 4.47. The smallest absolute Gasteiger partial charge is 0.126 e. The Kier molecular flexibility index (Phi) is 3.15. The molecule has 0 amide bonds. The molecule has 0 aromatic heterocycles. The number of rotatable bonds is 0. The molecule has 1 aromatic carbocycles. The van der Waals surface area contributed by atoms with E-state index < -0.39 is 0 Å². The summed E-state index contributed by atoms with van der Waals surface area (Å²) >= 11 is 3.50. The van der Waals surface area contributed by atoms with Gasteiger partial charge in [-0.3, -0.25) is 0 Å². The lowest BCUT2D eigenvalue weighted by atomic mass is 9.77. The van der Waals surface area contributed by atoms with Gasteiger partial charge in [0.1, 0.15) is 11.4 Å². The van der Waals surface area contributed by atoms with Gasteiger partial charge in [0.15, 0.2) is 0 Å². The zero-order valence-corrected chi connectivity index (χ0v) is 13.0. The third-order valence-electron chi connectivity index (χ3n) is 4.09. The van der Waals surface area contributed by atoms with Gasteiger partial charge in [0.05, 0.1) is 12.2 Å². The highest BCUT2D eigenvalue weighted by Crippen LogP contribution is 2.46. The van der Waals surface area contributed by atoms with Crippen LogP contribution in [0.25, 0.3) is 0 Å². The first-order chi connectivity index (χ1) is 8.89. The second-order valence-electron chi connectivity index (χ2n) is 6.31. The van der Waals surface area contributed by atoms with Gasteiger partial charge >= 0.3 is 0 Å². The highest BCUT2D eigenvalue weighted by atomic mass is 79.9. The van der Waals surface area contributed by atoms with Gasteiger partial charge in [-0.1, -0.05) is 22.0 Å². The molecule has 104 valence electrons. The molecule has 19 heavy (non-hydrogen) atoms. The average Bonchev–Trinajstić information content (AvgIpc) is 2.25. The van der Waals surface area contributed by atoms with Gasteiger partial charge < -0.3 is 15.2 Å². The van der Waals surface area contributed by atoms with Crippen molar-refractivity contribution in [2.45, 2.75) is 50.4 Å². The van der Waals surface area contributed by atoms with Gasteiger partial charge in [0, 0.05) is 35.3 Å². The summed E-state index contributed by atoms with van der Waals surface area (Å²) < 4.78 is 13.2. The molecule has 1 aromatic rings. The van der Waals surface area contributed by atoms with Gasteiger partial charge in [0.25, 0.3) is 0 Å². The number of ether oxygens (including phenoxy) is 2. The molecule has 1 spiro atoms. The Morgan fingerprint density at radius 1 is 1.37 bits per heavy atom. The minimum absolute atomic E-state index is 0.0470. The van der Waals surface area contributed by atoms with Gasteiger partial charge in [0.2, 0.25) is 0 Å². The Morgan fingerprint density at radius 3 is 2.89 bits per heavy atom. The molecule has 3 rings (SSSR count). The van der Waals surface area contributed by atoms with Crippen LogP contribution in [0.4, 0.5) is 0 Å². The molecule has 0 saturated carbocycles. The number of nitrogens with two attached hydrogens (primary N) is 1. The van der Waals surface area contributed by atoms with Crippen molar-refractivity contribution in [1.82, 2.24) is 0 Å². The normalized spacial score (nSPS) is 32.7. The van der Waals surface area contributed by atoms with E-state index in [1.165, 1.54) is 0 Å². The number of benzene rings is 1. The van der Waals surface area contributed by atoms with E-state index in [2.05, 4.69) is 35.8 Å². The van der Waals surface area contributed by atoms with Crippen molar-refractivity contribution >= 4 is 15.9 Å². The lowest BCUT2D eigenvalue weighted by Gasteiger charge is -2.48. The van der Waals surface area contributed by atoms with Crippen LogP contribution < -0.4 is 10.5 Å². The Labute approximate surface area is 122 Å². The molecule has 2 heterocycles. The van der Waals surface area contributed by atoms with Crippen LogP contribution in [0, 0.1) is 0 Å². The molecule has 2 atom stereocenters. The van der Waals surface area contributed by atoms with E-state index in [9.17, 15) is 0 Å². The highest BCUT2D eigenvalue weighted by molar-refractivity contribution is 9.10. The fourth-order valence-corrected chi connectivity index (χ4v) is 3.72. The standard InChI is InChI=1S/C15H20BrNO2/c1-14(2)9-15(5-6-18-14)8-12(17)11-4-3-10(16)7-13(11)19-15/h3-4,7,12H,5-6,8-9,17H2,1-2H3. The van der Waals surface area contributed by atoms with Crippen LogP contribution in [-0.4, -0.2) is 17.8 Å². The molecule has 0 aliphatic carbocycles. The van der Waals surface area contributed by atoms with Gasteiger partial charge in [-0.15, -0.1) is 0 Å². The predicted octanol–water partition coefficient (Wildman–Crippen LogP) is 3.56. The molecule has 4 heteroatoms. The Hall–Kier alpha value is -0.580. The number of halogens is 1. The molecule has 2 aliphatic heterocycles. The van der Waals surface area contributed by atoms with Crippen molar-refractivity contribution in [3.8, 4) is 5.75 Å². The van der Waals surface area contributed by atoms with Crippen LogP contribution in [0.5, 0.6) is 5.75 Å². The first-order valence-corrected chi connectivity index (χ1v) is 7.57. The van der Waals surface area contributed by atoms with E-state index in [1.54, 1.807) is 0 Å². The molecule has 1 saturated heterocycles. The Bertz CT molecular complexity index is 503. The third kappa shape index (κ3) is 2.54. The maximum absolute atomic E-state index is 6.36. The molecule has 0 bridgehead atoms. The van der Waals surface area contributed by atoms with Crippen LogP contribution in [0.1, 0.15) is 44.7 Å². The summed E-state index contributed by atoms with van der Waals surface area (Å²) in [4.78, 5) is 0. The van der Waals surface area contributed by atoms with Gasteiger partial charge in [-0.2, -0.15) is 0 Å². The van der Waals surface area contributed by atoms with Crippen molar-refractivity contribution in [3.05, 3.63) is 28.2 Å². The maximum Gasteiger partial charge on any atom is 0.126 e. The molecule has 1 fully saturated rings. The van der Waals surface area contributed by atoms with Crippen molar-refractivity contribution in [1.29, 1.82) is 0 Å². The quantitative estimate of drug-likeness (QED) is 0.793. The number of hydrogen-bond acceptors (Lipinski definition) is 3. The molecule has 2 N–H and O–H groups in total.